The number of hydrogen-bond acceptors (Lipinski definition) is 4. The van der Waals surface area contributed by atoms with Crippen LogP contribution in [0.15, 0.2) is 18.2 Å². The largest absolute Gasteiger partial charge is 0.507 e. The van der Waals surface area contributed by atoms with Gasteiger partial charge in [-0.25, -0.2) is 0 Å². The van der Waals surface area contributed by atoms with Crippen molar-refractivity contribution in [1.29, 1.82) is 0 Å². The fraction of sp³-hybridized carbons (Fsp3) is 0.500. The number of rotatable bonds is 3. The molecule has 3 N–H and O–H groups in total. The summed E-state index contributed by atoms with van der Waals surface area (Å²) in [5.41, 5.74) is 0.550. The molecule has 0 aromatic heterocycles. The second kappa shape index (κ2) is 4.72. The maximum Gasteiger partial charge on any atom is 0.124 e. The molecule has 1 aliphatic rings. The summed E-state index contributed by atoms with van der Waals surface area (Å²) in [6.07, 6.45) is 0.971. The predicted octanol–water partition coefficient (Wildman–Crippen LogP) is 1.54. The Morgan fingerprint density at radius 2 is 2.06 bits per heavy atom. The smallest absolute Gasteiger partial charge is 0.124 e. The van der Waals surface area contributed by atoms with Crippen molar-refractivity contribution in [3.63, 3.8) is 0 Å². The molecular weight excluding hydrogens is 206 g/mol. The van der Waals surface area contributed by atoms with E-state index in [1.54, 1.807) is 18.2 Å². The fourth-order valence-corrected chi connectivity index (χ4v) is 2.09. The van der Waals surface area contributed by atoms with E-state index in [1.165, 1.54) is 0 Å². The second-order valence-corrected chi connectivity index (χ2v) is 4.16. The molecule has 0 radical (unpaired) electrons. The van der Waals surface area contributed by atoms with Crippen molar-refractivity contribution in [2.75, 3.05) is 13.2 Å². The molecule has 4 nitrogen and oxygen atoms in total. The Bertz CT molecular complexity index is 341. The standard InChI is InChI=1S/C12H17NO3/c1-8(13-9-5-6-16-7-9)12-10(14)3-2-4-11(12)15/h2-4,8-9,13-15H,5-7H2,1H3. The highest BCUT2D eigenvalue weighted by atomic mass is 16.5. The first-order chi connectivity index (χ1) is 7.68. The van der Waals surface area contributed by atoms with Crippen molar-refractivity contribution in [3.8, 4) is 11.5 Å². The highest BCUT2D eigenvalue weighted by molar-refractivity contribution is 5.44. The van der Waals surface area contributed by atoms with E-state index in [0.29, 0.717) is 18.2 Å². The number of hydrogen-bond donors (Lipinski definition) is 3. The molecule has 0 saturated carbocycles. The summed E-state index contributed by atoms with van der Waals surface area (Å²) in [6, 6.07) is 5.00. The Hall–Kier alpha value is -1.26. The zero-order valence-electron chi connectivity index (χ0n) is 9.31. The Balaban J connectivity index is 2.10. The first-order valence-electron chi connectivity index (χ1n) is 5.53. The van der Waals surface area contributed by atoms with Crippen LogP contribution in [0.2, 0.25) is 0 Å². The molecule has 16 heavy (non-hydrogen) atoms. The number of benzene rings is 1. The van der Waals surface area contributed by atoms with Crippen LogP contribution in [0.25, 0.3) is 0 Å². The van der Waals surface area contributed by atoms with E-state index in [4.69, 9.17) is 4.74 Å². The van der Waals surface area contributed by atoms with Crippen molar-refractivity contribution in [1.82, 2.24) is 5.32 Å². The molecule has 88 valence electrons. The molecular formula is C12H17NO3. The lowest BCUT2D eigenvalue weighted by Crippen LogP contribution is -2.31. The number of phenolic OH excluding ortho intramolecular Hbond substituents is 2. The zero-order chi connectivity index (χ0) is 11.5. The molecule has 0 aliphatic carbocycles. The number of phenols is 2. The Kier molecular flexibility index (Phi) is 3.31. The summed E-state index contributed by atoms with van der Waals surface area (Å²) in [6.45, 7) is 3.39. The van der Waals surface area contributed by atoms with Crippen molar-refractivity contribution in [2.24, 2.45) is 0 Å². The topological polar surface area (TPSA) is 61.7 Å². The quantitative estimate of drug-likeness (QED) is 0.727. The number of ether oxygens (including phenoxy) is 1. The van der Waals surface area contributed by atoms with E-state index in [9.17, 15) is 10.2 Å². The van der Waals surface area contributed by atoms with Crippen LogP contribution in [0.5, 0.6) is 11.5 Å². The Morgan fingerprint density at radius 1 is 1.38 bits per heavy atom. The third-order valence-corrected chi connectivity index (χ3v) is 2.91. The van der Waals surface area contributed by atoms with Gasteiger partial charge in [-0.2, -0.15) is 0 Å². The summed E-state index contributed by atoms with van der Waals surface area (Å²) in [7, 11) is 0. The number of aromatic hydroxyl groups is 2. The van der Waals surface area contributed by atoms with Crippen LogP contribution >= 0.6 is 0 Å². The van der Waals surface area contributed by atoms with Crippen molar-refractivity contribution >= 4 is 0 Å². The predicted molar refractivity (Wildman–Crippen MR) is 60.5 cm³/mol. The molecule has 1 heterocycles. The van der Waals surface area contributed by atoms with Crippen LogP contribution in [-0.2, 0) is 4.74 Å². The lowest BCUT2D eigenvalue weighted by atomic mass is 10.0. The molecule has 0 bridgehead atoms. The minimum absolute atomic E-state index is 0.0899. The van der Waals surface area contributed by atoms with Crippen LogP contribution in [-0.4, -0.2) is 29.5 Å². The third-order valence-electron chi connectivity index (χ3n) is 2.91. The van der Waals surface area contributed by atoms with Crippen LogP contribution in [0.1, 0.15) is 24.9 Å². The van der Waals surface area contributed by atoms with E-state index in [1.807, 2.05) is 6.92 Å². The van der Waals surface area contributed by atoms with Gasteiger partial charge in [0.15, 0.2) is 0 Å². The first-order valence-corrected chi connectivity index (χ1v) is 5.53. The lowest BCUT2D eigenvalue weighted by molar-refractivity contribution is 0.188. The summed E-state index contributed by atoms with van der Waals surface area (Å²) >= 11 is 0. The SMILES string of the molecule is CC(NC1CCOC1)c1c(O)cccc1O. The van der Waals surface area contributed by atoms with Gasteiger partial charge in [0.25, 0.3) is 0 Å². The molecule has 1 fully saturated rings. The summed E-state index contributed by atoms with van der Waals surface area (Å²) < 4.78 is 5.27. The molecule has 2 atom stereocenters. The highest BCUT2D eigenvalue weighted by Crippen LogP contribution is 2.32. The minimum Gasteiger partial charge on any atom is -0.507 e. The summed E-state index contributed by atoms with van der Waals surface area (Å²) in [4.78, 5) is 0. The second-order valence-electron chi connectivity index (χ2n) is 4.16. The fourth-order valence-electron chi connectivity index (χ4n) is 2.09. The van der Waals surface area contributed by atoms with E-state index in [-0.39, 0.29) is 17.5 Å². The van der Waals surface area contributed by atoms with E-state index < -0.39 is 0 Å². The van der Waals surface area contributed by atoms with Gasteiger partial charge in [0.1, 0.15) is 11.5 Å². The van der Waals surface area contributed by atoms with Crippen LogP contribution in [0.4, 0.5) is 0 Å². The van der Waals surface area contributed by atoms with E-state index in [2.05, 4.69) is 5.32 Å². The van der Waals surface area contributed by atoms with Gasteiger partial charge < -0.3 is 20.3 Å². The molecule has 1 aromatic rings. The van der Waals surface area contributed by atoms with Crippen LogP contribution < -0.4 is 5.32 Å². The van der Waals surface area contributed by atoms with Gasteiger partial charge in [0, 0.05) is 18.7 Å². The Labute approximate surface area is 94.9 Å². The van der Waals surface area contributed by atoms with Crippen LogP contribution in [0.3, 0.4) is 0 Å². The summed E-state index contributed by atoms with van der Waals surface area (Å²) in [5, 5.41) is 22.7. The van der Waals surface area contributed by atoms with Gasteiger partial charge in [-0.15, -0.1) is 0 Å². The van der Waals surface area contributed by atoms with Gasteiger partial charge >= 0.3 is 0 Å². The third kappa shape index (κ3) is 2.28. The molecule has 0 spiro atoms. The normalized spacial score (nSPS) is 22.2. The molecule has 1 aliphatic heterocycles. The minimum atomic E-state index is -0.0899. The zero-order valence-corrected chi connectivity index (χ0v) is 9.31. The average molecular weight is 223 g/mol. The highest BCUT2D eigenvalue weighted by Gasteiger charge is 2.21. The molecule has 2 rings (SSSR count). The summed E-state index contributed by atoms with van der Waals surface area (Å²) in [5.74, 6) is 0.248. The van der Waals surface area contributed by atoms with Gasteiger partial charge in [0.2, 0.25) is 0 Å². The lowest BCUT2D eigenvalue weighted by Gasteiger charge is -2.20. The van der Waals surface area contributed by atoms with Crippen LogP contribution in [0, 0.1) is 0 Å². The molecule has 0 amide bonds. The average Bonchev–Trinajstić information content (AvgIpc) is 2.70. The van der Waals surface area contributed by atoms with Crippen molar-refractivity contribution < 1.29 is 14.9 Å². The van der Waals surface area contributed by atoms with Gasteiger partial charge in [-0.1, -0.05) is 6.07 Å². The monoisotopic (exact) mass is 223 g/mol. The van der Waals surface area contributed by atoms with E-state index in [0.717, 1.165) is 13.0 Å². The number of nitrogens with one attached hydrogen (secondary N) is 1. The molecule has 1 aromatic carbocycles. The maximum atomic E-state index is 9.70. The van der Waals surface area contributed by atoms with Crippen molar-refractivity contribution in [2.45, 2.75) is 25.4 Å². The molecule has 4 heteroatoms. The van der Waals surface area contributed by atoms with Gasteiger partial charge in [-0.3, -0.25) is 0 Å². The molecule has 2 unspecified atom stereocenters. The van der Waals surface area contributed by atoms with E-state index >= 15 is 0 Å². The maximum absolute atomic E-state index is 9.70. The van der Waals surface area contributed by atoms with Gasteiger partial charge in [-0.05, 0) is 25.5 Å². The first kappa shape index (κ1) is 11.2. The van der Waals surface area contributed by atoms with Crippen molar-refractivity contribution in [3.05, 3.63) is 23.8 Å². The molecule has 1 saturated heterocycles. The Morgan fingerprint density at radius 3 is 2.62 bits per heavy atom. The van der Waals surface area contributed by atoms with Gasteiger partial charge in [0.05, 0.1) is 12.2 Å².